The van der Waals surface area contributed by atoms with Crippen LogP contribution in [-0.2, 0) is 10.2 Å². The zero-order chi connectivity index (χ0) is 17.4. The smallest absolute Gasteiger partial charge is 0.232 e. The lowest BCUT2D eigenvalue weighted by Gasteiger charge is -2.27. The first-order valence-electron chi connectivity index (χ1n) is 8.06. The Kier molecular flexibility index (Phi) is 4.71. The minimum absolute atomic E-state index is 0.0721. The summed E-state index contributed by atoms with van der Waals surface area (Å²) < 4.78 is 0.860. The molecule has 4 nitrogen and oxygen atoms in total. The van der Waals surface area contributed by atoms with Crippen LogP contribution in [0, 0.1) is 12.3 Å². The molecule has 1 heterocycles. The Balaban J connectivity index is 1.64. The van der Waals surface area contributed by atoms with Crippen molar-refractivity contribution < 1.29 is 4.79 Å². The molecule has 24 heavy (non-hydrogen) atoms. The van der Waals surface area contributed by atoms with Gasteiger partial charge >= 0.3 is 0 Å². The number of aromatic nitrogens is 2. The predicted octanol–water partition coefficient (Wildman–Crippen LogP) is 3.76. The van der Waals surface area contributed by atoms with Gasteiger partial charge in [-0.3, -0.25) is 4.79 Å². The SMILES string of the molecule is Cc1nnc(SCC(=O)N(C)C[C@@]2(c3ccccc3)CC2(C)C)s1. The highest BCUT2D eigenvalue weighted by Gasteiger charge is 2.62. The fraction of sp³-hybridized carbons (Fsp3) is 0.500. The highest BCUT2D eigenvalue weighted by Crippen LogP contribution is 2.64. The van der Waals surface area contributed by atoms with Crippen molar-refractivity contribution in [3.63, 3.8) is 0 Å². The average molecular weight is 362 g/mol. The summed E-state index contributed by atoms with van der Waals surface area (Å²) in [5.41, 5.74) is 1.64. The first-order valence-corrected chi connectivity index (χ1v) is 9.87. The molecule has 6 heteroatoms. The molecule has 1 aliphatic carbocycles. The molecule has 0 saturated heterocycles. The number of thioether (sulfide) groups is 1. The Bertz CT molecular complexity index is 729. The van der Waals surface area contributed by atoms with E-state index in [2.05, 4.69) is 48.3 Å². The van der Waals surface area contributed by atoms with Crippen molar-refractivity contribution in [3.8, 4) is 0 Å². The van der Waals surface area contributed by atoms with Gasteiger partial charge in [0.25, 0.3) is 0 Å². The summed E-state index contributed by atoms with van der Waals surface area (Å²) in [6, 6.07) is 10.6. The minimum Gasteiger partial charge on any atom is -0.344 e. The molecule has 1 aromatic heterocycles. The molecule has 0 aliphatic heterocycles. The second-order valence-corrected chi connectivity index (χ2v) is 9.54. The molecule has 0 bridgehead atoms. The summed E-state index contributed by atoms with van der Waals surface area (Å²) in [5.74, 6) is 0.557. The normalized spacial score (nSPS) is 21.5. The van der Waals surface area contributed by atoms with Gasteiger partial charge < -0.3 is 4.90 Å². The van der Waals surface area contributed by atoms with Gasteiger partial charge in [0.2, 0.25) is 5.91 Å². The molecule has 1 aromatic carbocycles. The molecular weight excluding hydrogens is 338 g/mol. The second-order valence-electron chi connectivity index (χ2n) is 7.13. The third-order valence-corrected chi connectivity index (χ3v) is 6.96. The average Bonchev–Trinajstić information content (AvgIpc) is 2.89. The number of aryl methyl sites for hydroxylation is 1. The fourth-order valence-electron chi connectivity index (χ4n) is 3.38. The predicted molar refractivity (Wildman–Crippen MR) is 99.5 cm³/mol. The van der Waals surface area contributed by atoms with Crippen molar-refractivity contribution in [1.29, 1.82) is 0 Å². The van der Waals surface area contributed by atoms with E-state index >= 15 is 0 Å². The lowest BCUT2D eigenvalue weighted by atomic mass is 9.87. The molecule has 1 amide bonds. The maximum atomic E-state index is 12.5. The fourth-order valence-corrected chi connectivity index (χ4v) is 5.14. The summed E-state index contributed by atoms with van der Waals surface area (Å²) in [5, 5.41) is 8.99. The van der Waals surface area contributed by atoms with E-state index in [1.54, 1.807) is 0 Å². The Hall–Kier alpha value is -1.40. The van der Waals surface area contributed by atoms with Gasteiger partial charge in [-0.15, -0.1) is 10.2 Å². The second kappa shape index (κ2) is 6.48. The van der Waals surface area contributed by atoms with Crippen LogP contribution in [0.3, 0.4) is 0 Å². The topological polar surface area (TPSA) is 46.1 Å². The van der Waals surface area contributed by atoms with Crippen molar-refractivity contribution >= 4 is 29.0 Å². The van der Waals surface area contributed by atoms with E-state index in [0.29, 0.717) is 5.75 Å². The number of nitrogens with zero attached hydrogens (tertiary/aromatic N) is 3. The van der Waals surface area contributed by atoms with E-state index < -0.39 is 0 Å². The Morgan fingerprint density at radius 1 is 1.29 bits per heavy atom. The van der Waals surface area contributed by atoms with Crippen LogP contribution >= 0.6 is 23.1 Å². The van der Waals surface area contributed by atoms with Crippen molar-refractivity contribution in [1.82, 2.24) is 15.1 Å². The first-order chi connectivity index (χ1) is 11.3. The van der Waals surface area contributed by atoms with Gasteiger partial charge in [0.1, 0.15) is 5.01 Å². The minimum atomic E-state index is 0.0721. The maximum absolute atomic E-state index is 12.5. The van der Waals surface area contributed by atoms with Gasteiger partial charge in [0.05, 0.1) is 5.75 Å². The van der Waals surface area contributed by atoms with Crippen LogP contribution in [0.5, 0.6) is 0 Å². The van der Waals surface area contributed by atoms with Crippen molar-refractivity contribution in [2.24, 2.45) is 5.41 Å². The summed E-state index contributed by atoms with van der Waals surface area (Å²) in [7, 11) is 1.91. The third kappa shape index (κ3) is 3.35. The zero-order valence-electron chi connectivity index (χ0n) is 14.6. The zero-order valence-corrected chi connectivity index (χ0v) is 16.2. The number of hydrogen-bond acceptors (Lipinski definition) is 5. The molecule has 3 rings (SSSR count). The first kappa shape index (κ1) is 17.4. The number of carbonyl (C=O) groups is 1. The highest BCUT2D eigenvalue weighted by molar-refractivity contribution is 8.01. The van der Waals surface area contributed by atoms with Gasteiger partial charge in [-0.05, 0) is 24.3 Å². The van der Waals surface area contributed by atoms with E-state index in [1.807, 2.05) is 24.9 Å². The van der Waals surface area contributed by atoms with Crippen LogP contribution in [0.25, 0.3) is 0 Å². The summed E-state index contributed by atoms with van der Waals surface area (Å²) in [6.45, 7) is 7.27. The Morgan fingerprint density at radius 2 is 1.96 bits per heavy atom. The van der Waals surface area contributed by atoms with Crippen molar-refractivity contribution in [2.75, 3.05) is 19.3 Å². The van der Waals surface area contributed by atoms with E-state index in [4.69, 9.17) is 0 Å². The molecule has 1 aliphatic rings. The number of likely N-dealkylation sites (N-methyl/N-ethyl adjacent to an activating group) is 1. The Morgan fingerprint density at radius 3 is 2.50 bits per heavy atom. The van der Waals surface area contributed by atoms with Crippen LogP contribution in [0.4, 0.5) is 0 Å². The molecule has 128 valence electrons. The number of benzene rings is 1. The molecule has 1 saturated carbocycles. The molecule has 0 N–H and O–H groups in total. The molecular formula is C18H23N3OS2. The lowest BCUT2D eigenvalue weighted by Crippen LogP contribution is -2.37. The maximum Gasteiger partial charge on any atom is 0.232 e. The molecule has 0 spiro atoms. The standard InChI is InChI=1S/C18H23N3OS2/c1-13-19-20-16(24-13)23-10-15(22)21(4)12-18(11-17(18,2)3)14-8-6-5-7-9-14/h5-9H,10-12H2,1-4H3/t18-/m1/s1. The monoisotopic (exact) mass is 361 g/mol. The molecule has 0 unspecified atom stereocenters. The summed E-state index contributed by atoms with van der Waals surface area (Å²) in [6.07, 6.45) is 1.12. The molecule has 1 fully saturated rings. The number of amides is 1. The van der Waals surface area contributed by atoms with Crippen LogP contribution in [0.15, 0.2) is 34.7 Å². The van der Waals surface area contributed by atoms with E-state index in [0.717, 1.165) is 22.3 Å². The van der Waals surface area contributed by atoms with Gasteiger partial charge in [0.15, 0.2) is 4.34 Å². The highest BCUT2D eigenvalue weighted by atomic mass is 32.2. The van der Waals surface area contributed by atoms with Gasteiger partial charge in [-0.1, -0.05) is 67.3 Å². The van der Waals surface area contributed by atoms with Crippen LogP contribution in [-0.4, -0.2) is 40.3 Å². The van der Waals surface area contributed by atoms with Crippen LogP contribution in [0.1, 0.15) is 30.8 Å². The summed E-state index contributed by atoms with van der Waals surface area (Å²) in [4.78, 5) is 14.4. The number of rotatable bonds is 6. The Labute approximate surface area is 151 Å². The largest absolute Gasteiger partial charge is 0.344 e. The van der Waals surface area contributed by atoms with Crippen molar-refractivity contribution in [2.45, 2.75) is 36.9 Å². The van der Waals surface area contributed by atoms with E-state index in [-0.39, 0.29) is 16.7 Å². The van der Waals surface area contributed by atoms with E-state index in [1.165, 1.54) is 28.7 Å². The van der Waals surface area contributed by atoms with Crippen molar-refractivity contribution in [3.05, 3.63) is 40.9 Å². The van der Waals surface area contributed by atoms with Crippen LogP contribution < -0.4 is 0 Å². The van der Waals surface area contributed by atoms with Gasteiger partial charge in [-0.25, -0.2) is 0 Å². The van der Waals surface area contributed by atoms with Gasteiger partial charge in [-0.2, -0.15) is 0 Å². The molecule has 1 atom stereocenters. The van der Waals surface area contributed by atoms with Crippen LogP contribution in [0.2, 0.25) is 0 Å². The number of hydrogen-bond donors (Lipinski definition) is 0. The summed E-state index contributed by atoms with van der Waals surface area (Å²) >= 11 is 3.01. The number of carbonyl (C=O) groups excluding carboxylic acids is 1. The lowest BCUT2D eigenvalue weighted by molar-refractivity contribution is -0.127. The quantitative estimate of drug-likeness (QED) is 0.735. The third-order valence-electron chi connectivity index (χ3n) is 5.00. The van der Waals surface area contributed by atoms with E-state index in [9.17, 15) is 4.79 Å². The van der Waals surface area contributed by atoms with Gasteiger partial charge in [0, 0.05) is 19.0 Å². The molecule has 0 radical (unpaired) electrons. The molecule has 2 aromatic rings.